The highest BCUT2D eigenvalue weighted by Gasteiger charge is 2.11. The second-order valence-electron chi connectivity index (χ2n) is 4.63. The van der Waals surface area contributed by atoms with Crippen LogP contribution in [0, 0.1) is 12.8 Å². The van der Waals surface area contributed by atoms with Crippen LogP contribution in [-0.2, 0) is 6.42 Å². The molecule has 1 heterocycles. The van der Waals surface area contributed by atoms with Gasteiger partial charge in [-0.2, -0.15) is 0 Å². The zero-order valence-corrected chi connectivity index (χ0v) is 12.0. The lowest BCUT2D eigenvalue weighted by Crippen LogP contribution is -2.02. The normalized spacial score (nSPS) is 12.7. The van der Waals surface area contributed by atoms with Gasteiger partial charge in [0.2, 0.25) is 0 Å². The number of nitrogens with zero attached hydrogens (tertiary/aromatic N) is 1. The van der Waals surface area contributed by atoms with Crippen molar-refractivity contribution in [3.63, 3.8) is 0 Å². The quantitative estimate of drug-likeness (QED) is 0.825. The Morgan fingerprint density at radius 3 is 2.83 bits per heavy atom. The minimum atomic E-state index is 0.431. The van der Waals surface area contributed by atoms with E-state index in [1.807, 2.05) is 31.2 Å². The maximum Gasteiger partial charge on any atom is 0.137 e. The number of halogens is 2. The van der Waals surface area contributed by atoms with E-state index >= 15 is 0 Å². The molecule has 0 spiro atoms. The first kappa shape index (κ1) is 13.4. The van der Waals surface area contributed by atoms with Crippen LogP contribution in [0.15, 0.2) is 24.3 Å². The van der Waals surface area contributed by atoms with Gasteiger partial charge in [0, 0.05) is 22.2 Å². The predicted octanol–water partition coefficient (Wildman–Crippen LogP) is 4.46. The first-order chi connectivity index (χ1) is 8.60. The zero-order chi connectivity index (χ0) is 13.1. The van der Waals surface area contributed by atoms with E-state index in [9.17, 15) is 0 Å². The van der Waals surface area contributed by atoms with E-state index in [1.54, 1.807) is 0 Å². The first-order valence-corrected chi connectivity index (χ1v) is 6.88. The number of aryl methyl sites for hydroxylation is 1. The molecule has 2 rings (SSSR count). The third kappa shape index (κ3) is 3.06. The summed E-state index contributed by atoms with van der Waals surface area (Å²) in [5.41, 5.74) is 3.19. The number of benzene rings is 1. The third-order valence-electron chi connectivity index (χ3n) is 2.89. The van der Waals surface area contributed by atoms with Crippen molar-refractivity contribution in [3.05, 3.63) is 40.7 Å². The molecule has 1 atom stereocenters. The number of hydrogen-bond donors (Lipinski definition) is 1. The standard InChI is InChI=1S/C14H16Cl2N2/c1-9(8-15)6-13-10(2)17-14(18-13)11-4-3-5-12(16)7-11/h3-5,7,9H,6,8H2,1-2H3,(H,17,18). The summed E-state index contributed by atoms with van der Waals surface area (Å²) in [6.45, 7) is 4.16. The van der Waals surface area contributed by atoms with Gasteiger partial charge in [0.1, 0.15) is 5.82 Å². The molecule has 4 heteroatoms. The Morgan fingerprint density at radius 1 is 1.39 bits per heavy atom. The van der Waals surface area contributed by atoms with Crippen molar-refractivity contribution >= 4 is 23.2 Å². The smallest absolute Gasteiger partial charge is 0.137 e. The predicted molar refractivity (Wildman–Crippen MR) is 77.4 cm³/mol. The summed E-state index contributed by atoms with van der Waals surface area (Å²) in [6.07, 6.45) is 0.895. The molecule has 2 nitrogen and oxygen atoms in total. The fraction of sp³-hybridized carbons (Fsp3) is 0.357. The number of rotatable bonds is 4. The zero-order valence-electron chi connectivity index (χ0n) is 10.5. The Hall–Kier alpha value is -0.990. The molecule has 0 saturated carbocycles. The summed E-state index contributed by atoms with van der Waals surface area (Å²) in [6, 6.07) is 7.70. The van der Waals surface area contributed by atoms with Gasteiger partial charge in [0.25, 0.3) is 0 Å². The Kier molecular flexibility index (Phi) is 4.31. The molecule has 0 amide bonds. The first-order valence-electron chi connectivity index (χ1n) is 5.97. The fourth-order valence-electron chi connectivity index (χ4n) is 1.85. The molecular weight excluding hydrogens is 267 g/mol. The molecule has 0 aliphatic carbocycles. The average molecular weight is 283 g/mol. The Labute approximate surface area is 117 Å². The molecule has 0 aliphatic rings. The SMILES string of the molecule is Cc1[nH]c(-c2cccc(Cl)c2)nc1CC(C)CCl. The molecule has 1 unspecified atom stereocenters. The molecule has 1 aromatic carbocycles. The number of aromatic amines is 1. The molecule has 0 radical (unpaired) electrons. The van der Waals surface area contributed by atoms with E-state index in [0.717, 1.165) is 34.2 Å². The van der Waals surface area contributed by atoms with Gasteiger partial charge >= 0.3 is 0 Å². The van der Waals surface area contributed by atoms with Crippen molar-refractivity contribution < 1.29 is 0 Å². The van der Waals surface area contributed by atoms with Gasteiger partial charge in [-0.15, -0.1) is 11.6 Å². The molecule has 2 aromatic rings. The Bertz CT molecular complexity index is 534. The van der Waals surface area contributed by atoms with Crippen molar-refractivity contribution in [1.82, 2.24) is 9.97 Å². The summed E-state index contributed by atoms with van der Waals surface area (Å²) >= 11 is 11.8. The van der Waals surface area contributed by atoms with Crippen LogP contribution in [0.25, 0.3) is 11.4 Å². The molecule has 0 bridgehead atoms. The summed E-state index contributed by atoms with van der Waals surface area (Å²) in [5.74, 6) is 1.95. The van der Waals surface area contributed by atoms with Crippen LogP contribution >= 0.6 is 23.2 Å². The van der Waals surface area contributed by atoms with Gasteiger partial charge in [-0.1, -0.05) is 30.7 Å². The fourth-order valence-corrected chi connectivity index (χ4v) is 2.15. The number of nitrogens with one attached hydrogen (secondary N) is 1. The van der Waals surface area contributed by atoms with Crippen LogP contribution in [0.5, 0.6) is 0 Å². The van der Waals surface area contributed by atoms with E-state index in [0.29, 0.717) is 11.8 Å². The van der Waals surface area contributed by atoms with Crippen LogP contribution < -0.4 is 0 Å². The average Bonchev–Trinajstić information content (AvgIpc) is 2.71. The maximum atomic E-state index is 5.99. The largest absolute Gasteiger partial charge is 0.342 e. The second kappa shape index (κ2) is 5.77. The van der Waals surface area contributed by atoms with Crippen molar-refractivity contribution in [2.24, 2.45) is 5.92 Å². The minimum absolute atomic E-state index is 0.431. The van der Waals surface area contributed by atoms with Crippen molar-refractivity contribution in [3.8, 4) is 11.4 Å². The summed E-state index contributed by atoms with van der Waals surface area (Å²) < 4.78 is 0. The summed E-state index contributed by atoms with van der Waals surface area (Å²) in [4.78, 5) is 7.94. The number of imidazole rings is 1. The van der Waals surface area contributed by atoms with Crippen molar-refractivity contribution in [2.75, 3.05) is 5.88 Å². The summed E-state index contributed by atoms with van der Waals surface area (Å²) in [7, 11) is 0. The molecule has 18 heavy (non-hydrogen) atoms. The number of aromatic nitrogens is 2. The number of hydrogen-bond acceptors (Lipinski definition) is 1. The maximum absolute atomic E-state index is 5.99. The minimum Gasteiger partial charge on any atom is -0.342 e. The van der Waals surface area contributed by atoms with E-state index in [4.69, 9.17) is 23.2 Å². The monoisotopic (exact) mass is 282 g/mol. The van der Waals surface area contributed by atoms with Gasteiger partial charge in [0.05, 0.1) is 5.69 Å². The topological polar surface area (TPSA) is 28.7 Å². The van der Waals surface area contributed by atoms with Crippen LogP contribution in [0.4, 0.5) is 0 Å². The van der Waals surface area contributed by atoms with E-state index in [2.05, 4.69) is 16.9 Å². The van der Waals surface area contributed by atoms with Crippen molar-refractivity contribution in [2.45, 2.75) is 20.3 Å². The van der Waals surface area contributed by atoms with Gasteiger partial charge in [-0.25, -0.2) is 4.98 Å². The molecule has 0 saturated heterocycles. The van der Waals surface area contributed by atoms with E-state index in [1.165, 1.54) is 0 Å². The highest BCUT2D eigenvalue weighted by molar-refractivity contribution is 6.30. The molecule has 0 fully saturated rings. The Morgan fingerprint density at radius 2 is 2.17 bits per heavy atom. The van der Waals surface area contributed by atoms with Crippen LogP contribution in [0.1, 0.15) is 18.3 Å². The summed E-state index contributed by atoms with van der Waals surface area (Å²) in [5, 5.41) is 0.720. The van der Waals surface area contributed by atoms with Crippen LogP contribution in [0.2, 0.25) is 5.02 Å². The van der Waals surface area contributed by atoms with Gasteiger partial charge in [-0.05, 0) is 31.4 Å². The lowest BCUT2D eigenvalue weighted by molar-refractivity contribution is 0.642. The lowest BCUT2D eigenvalue weighted by Gasteiger charge is -2.04. The van der Waals surface area contributed by atoms with Gasteiger partial charge in [-0.3, -0.25) is 0 Å². The lowest BCUT2D eigenvalue weighted by atomic mass is 10.1. The van der Waals surface area contributed by atoms with E-state index < -0.39 is 0 Å². The molecule has 0 aliphatic heterocycles. The molecule has 96 valence electrons. The van der Waals surface area contributed by atoms with Gasteiger partial charge in [0.15, 0.2) is 0 Å². The highest BCUT2D eigenvalue weighted by Crippen LogP contribution is 2.22. The van der Waals surface area contributed by atoms with Crippen LogP contribution in [-0.4, -0.2) is 15.8 Å². The molecule has 1 N–H and O–H groups in total. The third-order valence-corrected chi connectivity index (χ3v) is 3.65. The number of H-pyrrole nitrogens is 1. The molecule has 1 aromatic heterocycles. The van der Waals surface area contributed by atoms with E-state index in [-0.39, 0.29) is 0 Å². The highest BCUT2D eigenvalue weighted by atomic mass is 35.5. The Balaban J connectivity index is 2.28. The molecular formula is C14H16Cl2N2. The second-order valence-corrected chi connectivity index (χ2v) is 5.38. The number of alkyl halides is 1. The van der Waals surface area contributed by atoms with Crippen molar-refractivity contribution in [1.29, 1.82) is 0 Å². The van der Waals surface area contributed by atoms with Gasteiger partial charge < -0.3 is 4.98 Å². The van der Waals surface area contributed by atoms with Crippen LogP contribution in [0.3, 0.4) is 0 Å².